The Morgan fingerprint density at radius 2 is 2.03 bits per heavy atom. The Balaban J connectivity index is 1.59. The molecule has 0 aliphatic carbocycles. The van der Waals surface area contributed by atoms with Gasteiger partial charge >= 0.3 is 6.18 Å². The number of nitrogens with one attached hydrogen (secondary N) is 1. The number of anilines is 1. The topological polar surface area (TPSA) is 131 Å². The molecular formula is C19H17F3N8O2. The first-order valence-corrected chi connectivity index (χ1v) is 9.28. The van der Waals surface area contributed by atoms with Crippen molar-refractivity contribution in [2.24, 2.45) is 10.7 Å². The van der Waals surface area contributed by atoms with Crippen LogP contribution in [0.3, 0.4) is 0 Å². The van der Waals surface area contributed by atoms with Crippen molar-refractivity contribution < 1.29 is 22.8 Å². The van der Waals surface area contributed by atoms with Crippen molar-refractivity contribution in [3.05, 3.63) is 54.0 Å². The molecule has 0 bridgehead atoms. The zero-order valence-electron chi connectivity index (χ0n) is 16.9. The predicted molar refractivity (Wildman–Crippen MR) is 107 cm³/mol. The Kier molecular flexibility index (Phi) is 4.83. The van der Waals surface area contributed by atoms with Gasteiger partial charge in [0.25, 0.3) is 5.91 Å². The lowest BCUT2D eigenvalue weighted by atomic mass is 9.91. The number of hydrogen-bond donors (Lipinski definition) is 2. The normalized spacial score (nSPS) is 19.2. The summed E-state index contributed by atoms with van der Waals surface area (Å²) in [5, 5.41) is 2.62. The highest BCUT2D eigenvalue weighted by Gasteiger charge is 2.37. The van der Waals surface area contributed by atoms with Gasteiger partial charge in [0.1, 0.15) is 11.2 Å². The molecule has 1 aliphatic rings. The first-order valence-electron chi connectivity index (χ1n) is 9.28. The molecule has 1 atom stereocenters. The van der Waals surface area contributed by atoms with Crippen molar-refractivity contribution in [1.82, 2.24) is 24.3 Å². The van der Waals surface area contributed by atoms with E-state index in [2.05, 4.69) is 25.3 Å². The molecule has 4 heterocycles. The second kappa shape index (κ2) is 7.28. The first kappa shape index (κ1) is 21.2. The Morgan fingerprint density at radius 3 is 2.72 bits per heavy atom. The van der Waals surface area contributed by atoms with E-state index in [1.807, 2.05) is 0 Å². The van der Waals surface area contributed by atoms with Crippen LogP contribution in [0.2, 0.25) is 0 Å². The monoisotopic (exact) mass is 446 g/mol. The maximum atomic E-state index is 12.8. The fourth-order valence-corrected chi connectivity index (χ4v) is 3.21. The van der Waals surface area contributed by atoms with Gasteiger partial charge in [0.15, 0.2) is 17.3 Å². The van der Waals surface area contributed by atoms with E-state index in [-0.39, 0.29) is 29.6 Å². The Bertz CT molecular complexity index is 1270. The van der Waals surface area contributed by atoms with E-state index >= 15 is 0 Å². The minimum absolute atomic E-state index is 0.0367. The van der Waals surface area contributed by atoms with Crippen LogP contribution < -0.4 is 11.1 Å². The molecule has 0 spiro atoms. The van der Waals surface area contributed by atoms with Crippen LogP contribution in [0, 0.1) is 0 Å². The number of halogens is 3. The third kappa shape index (κ3) is 3.84. The second-order valence-electron chi connectivity index (χ2n) is 7.42. The number of fused-ring (bicyclic) bond motifs is 1. The third-order valence-electron chi connectivity index (χ3n) is 5.01. The van der Waals surface area contributed by atoms with Crippen LogP contribution in [0.5, 0.6) is 0 Å². The molecule has 10 nitrogen and oxygen atoms in total. The molecule has 13 heteroatoms. The number of aromatic nitrogens is 4. The number of hydrogen-bond acceptors (Lipinski definition) is 7. The molecule has 2 amide bonds. The number of nitrogens with two attached hydrogens (primary N) is 1. The highest BCUT2D eigenvalue weighted by Crippen LogP contribution is 2.32. The van der Waals surface area contributed by atoms with Crippen molar-refractivity contribution in [1.29, 1.82) is 0 Å². The molecule has 32 heavy (non-hydrogen) atoms. The molecule has 1 aliphatic heterocycles. The molecule has 0 saturated heterocycles. The van der Waals surface area contributed by atoms with Gasteiger partial charge in [0.05, 0.1) is 18.3 Å². The summed E-state index contributed by atoms with van der Waals surface area (Å²) in [6.45, 7) is 1.70. The van der Waals surface area contributed by atoms with Crippen LogP contribution in [0.25, 0.3) is 5.65 Å². The fraction of sp³-hybridized carbons (Fsp3) is 0.263. The third-order valence-corrected chi connectivity index (χ3v) is 5.01. The average Bonchev–Trinajstić information content (AvgIpc) is 3.16. The first-order chi connectivity index (χ1) is 15.0. The minimum Gasteiger partial charge on any atom is -0.369 e. The van der Waals surface area contributed by atoms with Crippen molar-refractivity contribution in [2.75, 3.05) is 12.4 Å². The zero-order chi connectivity index (χ0) is 23.3. The number of rotatable bonds is 3. The number of aliphatic imine (C=N–C) groups is 1. The number of guanidine groups is 1. The van der Waals surface area contributed by atoms with E-state index in [0.717, 1.165) is 23.0 Å². The van der Waals surface area contributed by atoms with Gasteiger partial charge < -0.3 is 15.5 Å². The summed E-state index contributed by atoms with van der Waals surface area (Å²) in [5.41, 5.74) is 4.30. The summed E-state index contributed by atoms with van der Waals surface area (Å²) in [4.78, 5) is 42.0. The lowest BCUT2D eigenvalue weighted by molar-refractivity contribution is -0.140. The summed E-state index contributed by atoms with van der Waals surface area (Å²) in [6.07, 6.45) is -0.137. The lowest BCUT2D eigenvalue weighted by Crippen LogP contribution is -2.47. The zero-order valence-corrected chi connectivity index (χ0v) is 16.9. The number of carbonyl (C=O) groups excluding carboxylic acids is 2. The summed E-state index contributed by atoms with van der Waals surface area (Å²) >= 11 is 0. The lowest BCUT2D eigenvalue weighted by Gasteiger charge is -2.32. The predicted octanol–water partition coefficient (Wildman–Crippen LogP) is 1.79. The van der Waals surface area contributed by atoms with Crippen LogP contribution in [0.15, 0.2) is 41.9 Å². The van der Waals surface area contributed by atoms with E-state index in [1.165, 1.54) is 24.2 Å². The summed E-state index contributed by atoms with van der Waals surface area (Å²) in [6, 6.07) is 3.07. The smallest absolute Gasteiger partial charge is 0.369 e. The van der Waals surface area contributed by atoms with Crippen LogP contribution in [0.1, 0.15) is 35.2 Å². The van der Waals surface area contributed by atoms with Gasteiger partial charge in [0, 0.05) is 31.3 Å². The van der Waals surface area contributed by atoms with Crippen molar-refractivity contribution >= 4 is 29.1 Å². The summed E-state index contributed by atoms with van der Waals surface area (Å²) in [7, 11) is 1.52. The van der Waals surface area contributed by atoms with E-state index in [4.69, 9.17) is 5.73 Å². The molecule has 3 N–H and O–H groups in total. The Labute approximate surface area is 179 Å². The van der Waals surface area contributed by atoms with E-state index in [1.54, 1.807) is 13.0 Å². The average molecular weight is 446 g/mol. The SMILES string of the molecule is CN1C(=O)CC(C)(c2cc(NC(=O)c3cn4cc(C(F)(F)F)nc4cn3)ccn2)N=C1N. The molecular weight excluding hydrogens is 429 g/mol. The number of pyridine rings is 1. The fourth-order valence-electron chi connectivity index (χ4n) is 3.21. The molecule has 0 aromatic carbocycles. The van der Waals surface area contributed by atoms with E-state index in [9.17, 15) is 22.8 Å². The summed E-state index contributed by atoms with van der Waals surface area (Å²) < 4.78 is 39.6. The standard InChI is InChI=1S/C19H17F3N8O2/c1-18(6-15(31)29(2)17(23)28-18)12-5-10(3-4-24-12)26-16(32)11-8-30-9-13(19(20,21)22)27-14(30)7-25-11/h3-5,7-9H,6H2,1-2H3,(H2,23,28)(H,24,26,32). The van der Waals surface area contributed by atoms with Crippen LogP contribution >= 0.6 is 0 Å². The maximum absolute atomic E-state index is 12.8. The highest BCUT2D eigenvalue weighted by atomic mass is 19.4. The highest BCUT2D eigenvalue weighted by molar-refractivity contribution is 6.03. The molecule has 166 valence electrons. The molecule has 0 saturated carbocycles. The van der Waals surface area contributed by atoms with E-state index < -0.39 is 23.3 Å². The Hall–Kier alpha value is -4.03. The number of amides is 2. The molecule has 1 unspecified atom stereocenters. The molecule has 3 aromatic rings. The van der Waals surface area contributed by atoms with Gasteiger partial charge in [-0.2, -0.15) is 13.2 Å². The van der Waals surface area contributed by atoms with Gasteiger partial charge in [-0.3, -0.25) is 19.5 Å². The number of nitrogens with zero attached hydrogens (tertiary/aromatic N) is 6. The van der Waals surface area contributed by atoms with E-state index in [0.29, 0.717) is 11.4 Å². The minimum atomic E-state index is -4.61. The molecule has 4 rings (SSSR count). The van der Waals surface area contributed by atoms with Gasteiger partial charge in [-0.25, -0.2) is 15.0 Å². The van der Waals surface area contributed by atoms with Crippen LogP contribution in [-0.4, -0.2) is 49.1 Å². The van der Waals surface area contributed by atoms with Gasteiger partial charge in [-0.1, -0.05) is 0 Å². The quantitative estimate of drug-likeness (QED) is 0.631. The van der Waals surface area contributed by atoms with Gasteiger partial charge in [-0.15, -0.1) is 0 Å². The molecule has 0 radical (unpaired) electrons. The van der Waals surface area contributed by atoms with Crippen molar-refractivity contribution in [3.8, 4) is 0 Å². The van der Waals surface area contributed by atoms with Crippen LogP contribution in [0.4, 0.5) is 18.9 Å². The number of carbonyl (C=O) groups is 2. The van der Waals surface area contributed by atoms with Crippen molar-refractivity contribution in [2.45, 2.75) is 25.1 Å². The molecule has 3 aromatic heterocycles. The molecule has 0 fully saturated rings. The van der Waals surface area contributed by atoms with Gasteiger partial charge in [-0.05, 0) is 19.1 Å². The maximum Gasteiger partial charge on any atom is 0.434 e. The van der Waals surface area contributed by atoms with Gasteiger partial charge in [0.2, 0.25) is 5.91 Å². The second-order valence-corrected chi connectivity index (χ2v) is 7.42. The largest absolute Gasteiger partial charge is 0.434 e. The number of imidazole rings is 1. The summed E-state index contributed by atoms with van der Waals surface area (Å²) in [5.74, 6) is -0.831. The van der Waals surface area contributed by atoms with Crippen molar-refractivity contribution in [3.63, 3.8) is 0 Å². The van der Waals surface area contributed by atoms with Crippen LogP contribution in [-0.2, 0) is 16.5 Å². The number of alkyl halides is 3. The Morgan fingerprint density at radius 1 is 1.28 bits per heavy atom.